The van der Waals surface area contributed by atoms with Gasteiger partial charge in [-0.3, -0.25) is 14.4 Å². The van der Waals surface area contributed by atoms with Crippen molar-refractivity contribution >= 4 is 41.2 Å². The zero-order valence-corrected chi connectivity index (χ0v) is 17.4. The molecule has 0 radical (unpaired) electrons. The first-order chi connectivity index (χ1) is 14.4. The van der Waals surface area contributed by atoms with E-state index in [-0.39, 0.29) is 18.6 Å². The maximum Gasteiger partial charge on any atom is 0.329 e. The number of benzene rings is 2. The molecule has 0 saturated carbocycles. The van der Waals surface area contributed by atoms with E-state index in [1.165, 1.54) is 6.21 Å². The highest BCUT2D eigenvalue weighted by atomic mass is 35.5. The van der Waals surface area contributed by atoms with Crippen molar-refractivity contribution in [2.24, 2.45) is 5.10 Å². The first-order valence-corrected chi connectivity index (χ1v) is 9.67. The van der Waals surface area contributed by atoms with Crippen molar-refractivity contribution in [3.63, 3.8) is 0 Å². The van der Waals surface area contributed by atoms with Crippen LogP contribution in [0.4, 0.5) is 5.69 Å². The first-order valence-electron chi connectivity index (χ1n) is 9.29. The van der Waals surface area contributed by atoms with Gasteiger partial charge in [-0.05, 0) is 49.2 Å². The third-order valence-electron chi connectivity index (χ3n) is 3.91. The Hall–Kier alpha value is -3.39. The summed E-state index contributed by atoms with van der Waals surface area (Å²) in [6, 6.07) is 13.5. The van der Waals surface area contributed by atoms with Crippen LogP contribution in [0.1, 0.15) is 25.8 Å². The maximum atomic E-state index is 12.0. The minimum atomic E-state index is -0.850. The van der Waals surface area contributed by atoms with Crippen LogP contribution in [0.15, 0.2) is 53.6 Å². The predicted molar refractivity (Wildman–Crippen MR) is 116 cm³/mol. The molecule has 9 heteroatoms. The summed E-state index contributed by atoms with van der Waals surface area (Å²) in [6.45, 7) is 3.51. The van der Waals surface area contributed by atoms with Gasteiger partial charge >= 0.3 is 11.8 Å². The number of hydrazone groups is 1. The van der Waals surface area contributed by atoms with E-state index in [2.05, 4.69) is 21.2 Å². The van der Waals surface area contributed by atoms with Gasteiger partial charge in [-0.2, -0.15) is 5.10 Å². The van der Waals surface area contributed by atoms with Crippen LogP contribution in [-0.2, 0) is 14.4 Å². The number of ether oxygens (including phenoxy) is 1. The van der Waals surface area contributed by atoms with Crippen LogP contribution < -0.4 is 20.8 Å². The molecule has 0 saturated heterocycles. The van der Waals surface area contributed by atoms with Gasteiger partial charge in [0.25, 0.3) is 5.91 Å². The van der Waals surface area contributed by atoms with Gasteiger partial charge in [0.1, 0.15) is 5.75 Å². The highest BCUT2D eigenvalue weighted by Crippen LogP contribution is 2.15. The van der Waals surface area contributed by atoms with Crippen LogP contribution in [-0.4, -0.2) is 36.6 Å². The topological polar surface area (TPSA) is 109 Å². The lowest BCUT2D eigenvalue weighted by molar-refractivity contribution is -0.139. The predicted octanol–water partition coefficient (Wildman–Crippen LogP) is 2.72. The Balaban J connectivity index is 1.83. The van der Waals surface area contributed by atoms with Crippen LogP contribution in [0.5, 0.6) is 5.75 Å². The molecule has 30 heavy (non-hydrogen) atoms. The number of hydrogen-bond acceptors (Lipinski definition) is 5. The van der Waals surface area contributed by atoms with Crippen molar-refractivity contribution in [3.8, 4) is 5.75 Å². The molecule has 2 rings (SSSR count). The molecule has 0 aliphatic heterocycles. The van der Waals surface area contributed by atoms with Crippen LogP contribution in [0.3, 0.4) is 0 Å². The molecule has 0 spiro atoms. The molecule has 158 valence electrons. The lowest BCUT2D eigenvalue weighted by Crippen LogP contribution is -2.41. The van der Waals surface area contributed by atoms with Gasteiger partial charge in [0.05, 0.1) is 6.21 Å². The average molecular weight is 431 g/mol. The minimum absolute atomic E-state index is 0.0999. The average Bonchev–Trinajstić information content (AvgIpc) is 2.72. The normalized spacial score (nSPS) is 11.6. The van der Waals surface area contributed by atoms with Crippen LogP contribution in [0, 0.1) is 0 Å². The molecule has 2 aromatic carbocycles. The largest absolute Gasteiger partial charge is 0.484 e. The second-order valence-corrected chi connectivity index (χ2v) is 6.84. The number of halogens is 1. The zero-order chi connectivity index (χ0) is 21.9. The van der Waals surface area contributed by atoms with Crippen LogP contribution in [0.2, 0.25) is 5.02 Å². The molecule has 0 bridgehead atoms. The molecule has 1 atom stereocenters. The maximum absolute atomic E-state index is 12.0. The number of nitrogens with zero attached hydrogens (tertiary/aromatic N) is 1. The van der Waals surface area contributed by atoms with Crippen molar-refractivity contribution in [3.05, 3.63) is 59.1 Å². The molecule has 0 heterocycles. The summed E-state index contributed by atoms with van der Waals surface area (Å²) in [4.78, 5) is 35.3. The van der Waals surface area contributed by atoms with Crippen LogP contribution in [0.25, 0.3) is 0 Å². The second-order valence-electron chi connectivity index (χ2n) is 6.40. The van der Waals surface area contributed by atoms with E-state index in [0.717, 1.165) is 0 Å². The molecule has 0 aromatic heterocycles. The monoisotopic (exact) mass is 430 g/mol. The molecule has 0 aliphatic rings. The fourth-order valence-electron chi connectivity index (χ4n) is 2.20. The van der Waals surface area contributed by atoms with Gasteiger partial charge in [0.15, 0.2) is 6.61 Å². The number of hydrogen-bond donors (Lipinski definition) is 3. The van der Waals surface area contributed by atoms with Crippen molar-refractivity contribution in [1.82, 2.24) is 10.7 Å². The molecule has 3 N–H and O–H groups in total. The van der Waals surface area contributed by atoms with Gasteiger partial charge in [0, 0.05) is 16.8 Å². The molecular weight excluding hydrogens is 408 g/mol. The number of rotatable bonds is 8. The zero-order valence-electron chi connectivity index (χ0n) is 16.6. The Morgan fingerprint density at radius 2 is 1.90 bits per heavy atom. The number of nitrogens with one attached hydrogen (secondary N) is 3. The quantitative estimate of drug-likeness (QED) is 0.340. The van der Waals surface area contributed by atoms with E-state index in [1.54, 1.807) is 55.5 Å². The number of anilines is 1. The molecule has 3 amide bonds. The van der Waals surface area contributed by atoms with E-state index in [0.29, 0.717) is 28.4 Å². The number of carbonyl (C=O) groups is 3. The van der Waals surface area contributed by atoms with E-state index in [4.69, 9.17) is 16.3 Å². The molecule has 8 nitrogen and oxygen atoms in total. The van der Waals surface area contributed by atoms with E-state index < -0.39 is 11.8 Å². The lowest BCUT2D eigenvalue weighted by atomic mass is 10.2. The highest BCUT2D eigenvalue weighted by molar-refractivity contribution is 6.35. The summed E-state index contributed by atoms with van der Waals surface area (Å²) in [5.74, 6) is -1.49. The summed E-state index contributed by atoms with van der Waals surface area (Å²) >= 11 is 5.88. The molecule has 0 aliphatic carbocycles. The van der Waals surface area contributed by atoms with E-state index in [1.807, 2.05) is 6.92 Å². The summed E-state index contributed by atoms with van der Waals surface area (Å²) in [5.41, 5.74) is 3.35. The molecule has 0 fully saturated rings. The van der Waals surface area contributed by atoms with Gasteiger partial charge in [-0.1, -0.05) is 36.7 Å². The van der Waals surface area contributed by atoms with Gasteiger partial charge in [0.2, 0.25) is 0 Å². The summed E-state index contributed by atoms with van der Waals surface area (Å²) < 4.78 is 5.47. The number of amides is 3. The van der Waals surface area contributed by atoms with Crippen LogP contribution >= 0.6 is 11.6 Å². The Kier molecular flexibility index (Phi) is 8.83. The fraction of sp³-hybridized carbons (Fsp3) is 0.238. The summed E-state index contributed by atoms with van der Waals surface area (Å²) in [7, 11) is 0. The van der Waals surface area contributed by atoms with Crippen molar-refractivity contribution in [1.29, 1.82) is 0 Å². The third-order valence-corrected chi connectivity index (χ3v) is 4.15. The Morgan fingerprint density at radius 1 is 1.13 bits per heavy atom. The molecule has 2 aromatic rings. The van der Waals surface area contributed by atoms with Crippen molar-refractivity contribution in [2.45, 2.75) is 26.3 Å². The van der Waals surface area contributed by atoms with E-state index in [9.17, 15) is 14.4 Å². The van der Waals surface area contributed by atoms with E-state index >= 15 is 0 Å². The van der Waals surface area contributed by atoms with Gasteiger partial charge in [-0.15, -0.1) is 0 Å². The van der Waals surface area contributed by atoms with Crippen molar-refractivity contribution < 1.29 is 19.1 Å². The Labute approximate surface area is 179 Å². The van der Waals surface area contributed by atoms with Gasteiger partial charge in [-0.25, -0.2) is 5.43 Å². The smallest absolute Gasteiger partial charge is 0.329 e. The first kappa shape index (κ1) is 22.9. The molecule has 0 unspecified atom stereocenters. The van der Waals surface area contributed by atoms with Gasteiger partial charge < -0.3 is 15.4 Å². The summed E-state index contributed by atoms with van der Waals surface area (Å²) in [5, 5.41) is 9.51. The number of carbonyl (C=O) groups excluding carboxylic acids is 3. The highest BCUT2D eigenvalue weighted by Gasteiger charge is 2.14. The minimum Gasteiger partial charge on any atom is -0.484 e. The third kappa shape index (κ3) is 7.92. The SMILES string of the molecule is CC[C@@H](C)NC(=O)C(=O)N/N=C\c1cccc(OCC(=O)Nc2cccc(Cl)c2)c1. The standard InChI is InChI=1S/C21H23ClN4O4/c1-3-14(2)24-20(28)21(29)26-23-12-15-6-4-9-18(10-15)30-13-19(27)25-17-8-5-7-16(22)11-17/h4-12,14H,3,13H2,1-2H3,(H,24,28)(H,25,27)(H,26,29)/b23-12-/t14-/m1/s1. The fourth-order valence-corrected chi connectivity index (χ4v) is 2.39. The Morgan fingerprint density at radius 3 is 2.63 bits per heavy atom. The van der Waals surface area contributed by atoms with Crippen molar-refractivity contribution in [2.75, 3.05) is 11.9 Å². The summed E-state index contributed by atoms with van der Waals surface area (Å²) in [6.07, 6.45) is 2.08. The Bertz CT molecular complexity index is 933. The lowest BCUT2D eigenvalue weighted by Gasteiger charge is -2.09. The molecular formula is C21H23ClN4O4. The second kappa shape index (κ2) is 11.6.